The van der Waals surface area contributed by atoms with Crippen LogP contribution in [0.15, 0.2) is 53.9 Å². The number of hydrogen-bond donors (Lipinski definition) is 4. The first-order valence-corrected chi connectivity index (χ1v) is 10.9. The third kappa shape index (κ3) is 4.26. The van der Waals surface area contributed by atoms with E-state index in [0.717, 1.165) is 0 Å². The molecule has 2 aliphatic heterocycles. The van der Waals surface area contributed by atoms with E-state index in [1.54, 1.807) is 18.3 Å². The van der Waals surface area contributed by atoms with Crippen LogP contribution in [0.4, 0.5) is 10.2 Å². The van der Waals surface area contributed by atoms with E-state index in [2.05, 4.69) is 20.9 Å². The number of nitrogens with two attached hydrogens (primary N) is 1. The van der Waals surface area contributed by atoms with Crippen LogP contribution in [-0.4, -0.2) is 40.5 Å². The van der Waals surface area contributed by atoms with Crippen LogP contribution in [0.3, 0.4) is 0 Å². The second kappa shape index (κ2) is 7.72. The normalized spacial score (nSPS) is 21.5. The van der Waals surface area contributed by atoms with Crippen molar-refractivity contribution in [2.24, 2.45) is 5.10 Å². The molecule has 10 nitrogen and oxygen atoms in total. The molecular weight excluding hydrogens is 427 g/mol. The van der Waals surface area contributed by atoms with Crippen molar-refractivity contribution in [2.75, 3.05) is 11.5 Å². The molecule has 0 spiro atoms. The van der Waals surface area contributed by atoms with Crippen molar-refractivity contribution in [3.63, 3.8) is 0 Å². The van der Waals surface area contributed by atoms with Gasteiger partial charge in [0.05, 0.1) is 0 Å². The van der Waals surface area contributed by atoms with Crippen LogP contribution in [-0.2, 0) is 20.5 Å². The summed E-state index contributed by atoms with van der Waals surface area (Å²) in [6.45, 7) is 0. The molecule has 2 aliphatic rings. The number of nitrogens with zero attached hydrogens (tertiary/aromatic N) is 3. The third-order valence-corrected chi connectivity index (χ3v) is 5.82. The van der Waals surface area contributed by atoms with Gasteiger partial charge in [-0.1, -0.05) is 12.1 Å². The van der Waals surface area contributed by atoms with Crippen molar-refractivity contribution in [3.8, 4) is 0 Å². The van der Waals surface area contributed by atoms with Crippen LogP contribution >= 0.6 is 0 Å². The lowest BCUT2D eigenvalue weighted by molar-refractivity contribution is -0.121. The smallest absolute Gasteiger partial charge is 0.267 e. The number of amidine groups is 1. The largest absolute Gasteiger partial charge is 0.384 e. The summed E-state index contributed by atoms with van der Waals surface area (Å²) >= 11 is 0. The molecule has 0 saturated heterocycles. The Morgan fingerprint density at radius 1 is 1.23 bits per heavy atom. The van der Waals surface area contributed by atoms with Crippen molar-refractivity contribution in [1.82, 2.24) is 20.8 Å². The molecule has 4 rings (SSSR count). The fourth-order valence-electron chi connectivity index (χ4n) is 3.67. The molecule has 0 aliphatic carbocycles. The molecule has 0 saturated carbocycles. The molecule has 0 fully saturated rings. The van der Waals surface area contributed by atoms with E-state index < -0.39 is 27.2 Å². The summed E-state index contributed by atoms with van der Waals surface area (Å²) in [4.78, 5) is 15.4. The number of hydrazine groups is 1. The zero-order valence-corrected chi connectivity index (χ0v) is 16.9. The number of carbonyl (C=O) groups is 1. The summed E-state index contributed by atoms with van der Waals surface area (Å²) in [5.74, 6) is -0.858. The fourth-order valence-corrected chi connectivity index (χ4v) is 4.61. The van der Waals surface area contributed by atoms with E-state index in [4.69, 9.17) is 5.73 Å². The minimum atomic E-state index is -4.52. The average Bonchev–Trinajstić information content (AvgIpc) is 3.07. The van der Waals surface area contributed by atoms with Crippen molar-refractivity contribution in [3.05, 3.63) is 65.7 Å². The number of halogens is 1. The Morgan fingerprint density at radius 3 is 2.58 bits per heavy atom. The number of nitrogens with one attached hydrogen (secondary N) is 2. The highest BCUT2D eigenvalue weighted by molar-refractivity contribution is 7.85. The molecule has 0 radical (unpaired) electrons. The molecule has 0 bridgehead atoms. The first-order valence-electron chi connectivity index (χ1n) is 9.24. The summed E-state index contributed by atoms with van der Waals surface area (Å²) in [7, 11) is -4.52. The van der Waals surface area contributed by atoms with Crippen LogP contribution in [0.5, 0.6) is 0 Å². The Kier molecular flexibility index (Phi) is 5.21. The molecule has 12 heteroatoms. The summed E-state index contributed by atoms with van der Waals surface area (Å²) < 4.78 is 47.6. The molecule has 1 atom stereocenters. The van der Waals surface area contributed by atoms with Gasteiger partial charge in [-0.2, -0.15) is 13.5 Å². The van der Waals surface area contributed by atoms with Gasteiger partial charge in [0, 0.05) is 30.8 Å². The van der Waals surface area contributed by atoms with E-state index in [9.17, 15) is 22.2 Å². The fraction of sp³-hybridized carbons (Fsp3) is 0.211. The van der Waals surface area contributed by atoms with Crippen LogP contribution < -0.4 is 16.6 Å². The number of nitrogen functional groups attached to an aromatic ring is 1. The first-order chi connectivity index (χ1) is 14.7. The van der Waals surface area contributed by atoms with Gasteiger partial charge < -0.3 is 5.73 Å². The van der Waals surface area contributed by atoms with Gasteiger partial charge in [0.1, 0.15) is 28.8 Å². The van der Waals surface area contributed by atoms with Crippen molar-refractivity contribution in [2.45, 2.75) is 18.4 Å². The lowest BCUT2D eigenvalue weighted by Gasteiger charge is -2.34. The van der Waals surface area contributed by atoms with Gasteiger partial charge in [-0.25, -0.2) is 20.2 Å². The molecule has 2 aromatic rings. The van der Waals surface area contributed by atoms with Gasteiger partial charge in [-0.3, -0.25) is 14.4 Å². The quantitative estimate of drug-likeness (QED) is 0.508. The first kappa shape index (κ1) is 20.9. The van der Waals surface area contributed by atoms with E-state index in [1.807, 2.05) is 0 Å². The summed E-state index contributed by atoms with van der Waals surface area (Å²) in [5, 5.41) is 5.52. The van der Waals surface area contributed by atoms with Crippen LogP contribution in [0.25, 0.3) is 5.57 Å². The standard InChI is InChI=1S/C19H19FN6O4S/c20-14-3-1-13(2-4-14)19(11-31(28,29)30)15(12-7-8-22-16(21)9-12)10-26(25-19)17-5-6-18(27)24-23-17/h1-4,7-10,25H,5-6,11H2,(H2,21,22)(H,24,27)(H,28,29,30). The lowest BCUT2D eigenvalue weighted by Crippen LogP contribution is -2.52. The van der Waals surface area contributed by atoms with E-state index >= 15 is 0 Å². The van der Waals surface area contributed by atoms with Gasteiger partial charge in [-0.05, 0) is 35.4 Å². The number of aromatic nitrogens is 1. The third-order valence-electron chi connectivity index (χ3n) is 5.02. The molecule has 1 amide bonds. The summed E-state index contributed by atoms with van der Waals surface area (Å²) in [5.41, 5.74) is 11.2. The van der Waals surface area contributed by atoms with Crippen LogP contribution in [0.2, 0.25) is 0 Å². The Bertz CT molecular complexity index is 1200. The zero-order valence-electron chi connectivity index (χ0n) is 16.1. The SMILES string of the molecule is Nc1cc(C2=CN(C3=NNC(=O)CC3)NC2(CS(=O)(=O)O)c2ccc(F)cc2)ccn1. The van der Waals surface area contributed by atoms with Crippen LogP contribution in [0, 0.1) is 5.82 Å². The summed E-state index contributed by atoms with van der Waals surface area (Å²) in [6.07, 6.45) is 3.58. The van der Waals surface area contributed by atoms with E-state index in [-0.39, 0.29) is 18.1 Å². The molecule has 162 valence electrons. The highest BCUT2D eigenvalue weighted by Crippen LogP contribution is 2.42. The summed E-state index contributed by atoms with van der Waals surface area (Å²) in [6, 6.07) is 8.45. The molecule has 1 aromatic heterocycles. The van der Waals surface area contributed by atoms with Crippen molar-refractivity contribution in [1.29, 1.82) is 0 Å². The highest BCUT2D eigenvalue weighted by atomic mass is 32.2. The maximum atomic E-state index is 13.6. The molecule has 1 aromatic carbocycles. The number of carbonyl (C=O) groups excluding carboxylic acids is 1. The van der Waals surface area contributed by atoms with Crippen LogP contribution in [0.1, 0.15) is 24.0 Å². The minimum absolute atomic E-state index is 0.199. The zero-order chi connectivity index (χ0) is 22.2. The van der Waals surface area contributed by atoms with Gasteiger partial charge in [0.15, 0.2) is 0 Å². The second-order valence-corrected chi connectivity index (χ2v) is 8.65. The lowest BCUT2D eigenvalue weighted by atomic mass is 9.82. The predicted molar refractivity (Wildman–Crippen MR) is 111 cm³/mol. The number of pyridine rings is 1. The number of anilines is 1. The Morgan fingerprint density at radius 2 is 1.97 bits per heavy atom. The monoisotopic (exact) mass is 446 g/mol. The minimum Gasteiger partial charge on any atom is -0.384 e. The topological polar surface area (TPSA) is 150 Å². The van der Waals surface area contributed by atoms with Gasteiger partial charge in [0.25, 0.3) is 10.1 Å². The van der Waals surface area contributed by atoms with Gasteiger partial charge in [-0.15, -0.1) is 0 Å². The maximum Gasteiger partial charge on any atom is 0.267 e. The molecule has 3 heterocycles. The molecule has 31 heavy (non-hydrogen) atoms. The predicted octanol–water partition coefficient (Wildman–Crippen LogP) is 0.971. The van der Waals surface area contributed by atoms with Crippen molar-refractivity contribution >= 4 is 33.3 Å². The molecule has 1 unspecified atom stereocenters. The number of rotatable bonds is 4. The Hall–Kier alpha value is -3.35. The van der Waals surface area contributed by atoms with E-state index in [1.165, 1.54) is 35.5 Å². The van der Waals surface area contributed by atoms with Crippen molar-refractivity contribution < 1.29 is 22.2 Å². The number of amides is 1. The number of hydrazone groups is 1. The van der Waals surface area contributed by atoms with Gasteiger partial charge >= 0.3 is 0 Å². The number of benzene rings is 1. The number of hydrogen-bond acceptors (Lipinski definition) is 8. The van der Waals surface area contributed by atoms with Gasteiger partial charge in [0.2, 0.25) is 5.91 Å². The Balaban J connectivity index is 1.90. The Labute approximate surface area is 177 Å². The molecule has 5 N–H and O–H groups in total. The molecular formula is C19H19FN6O4S. The highest BCUT2D eigenvalue weighted by Gasteiger charge is 2.47. The maximum absolute atomic E-state index is 13.6. The average molecular weight is 446 g/mol. The second-order valence-electron chi connectivity index (χ2n) is 7.20. The van der Waals surface area contributed by atoms with E-state index in [0.29, 0.717) is 29.0 Å².